The molecule has 164 valence electrons. The Hall–Kier alpha value is -2.61. The maximum atomic E-state index is 13.0. The Kier molecular flexibility index (Phi) is 5.68. The Morgan fingerprint density at radius 3 is 2.61 bits per heavy atom. The molecule has 4 rings (SSSR count). The quantitative estimate of drug-likeness (QED) is 0.456. The predicted octanol–water partition coefficient (Wildman–Crippen LogP) is 6.07. The molecule has 9 heteroatoms. The minimum atomic E-state index is -4.81. The monoisotopic (exact) mass is 451 g/mol. The fraction of sp³-hybridized carbons (Fsp3) is 0.409. The first-order chi connectivity index (χ1) is 14.7. The standard InChI is InChI=1S/C22H21ClF3N3O2/c1-3-4-18(13-5-6-13)29-20-19(28-12(2)21(29)30)16(9-10-27-20)15-8-7-14(11-17(15)23)31-22(24,25)26/h7-11,13,18H,3-6H2,1-2H3/t18-/m1/s1. The third-order valence-corrected chi connectivity index (χ3v) is 5.80. The van der Waals surface area contributed by atoms with Gasteiger partial charge in [0.1, 0.15) is 17.0 Å². The van der Waals surface area contributed by atoms with E-state index in [4.69, 9.17) is 11.6 Å². The lowest BCUT2D eigenvalue weighted by atomic mass is 10.0. The molecule has 1 atom stereocenters. The summed E-state index contributed by atoms with van der Waals surface area (Å²) < 4.78 is 43.3. The van der Waals surface area contributed by atoms with Gasteiger partial charge in [-0.25, -0.2) is 9.97 Å². The molecule has 1 fully saturated rings. The minimum absolute atomic E-state index is 0.0440. The lowest BCUT2D eigenvalue weighted by molar-refractivity contribution is -0.274. The average Bonchev–Trinajstić information content (AvgIpc) is 3.52. The lowest BCUT2D eigenvalue weighted by Gasteiger charge is -2.22. The molecular weight excluding hydrogens is 431 g/mol. The summed E-state index contributed by atoms with van der Waals surface area (Å²) in [4.78, 5) is 22.0. The van der Waals surface area contributed by atoms with Crippen molar-refractivity contribution in [3.05, 3.63) is 51.5 Å². The molecule has 1 aliphatic rings. The Labute approximate surface area is 181 Å². The number of rotatable bonds is 6. The zero-order valence-electron chi connectivity index (χ0n) is 17.0. The first kappa shape index (κ1) is 21.6. The van der Waals surface area contributed by atoms with Crippen LogP contribution in [0.4, 0.5) is 13.2 Å². The van der Waals surface area contributed by atoms with Crippen LogP contribution in [0.2, 0.25) is 5.02 Å². The highest BCUT2D eigenvalue weighted by Crippen LogP contribution is 2.43. The molecule has 0 saturated heterocycles. The van der Waals surface area contributed by atoms with E-state index < -0.39 is 12.1 Å². The number of ether oxygens (including phenoxy) is 1. The summed E-state index contributed by atoms with van der Waals surface area (Å²) in [5, 5.41) is 0.0822. The van der Waals surface area contributed by atoms with Crippen molar-refractivity contribution in [3.8, 4) is 16.9 Å². The van der Waals surface area contributed by atoms with Crippen LogP contribution in [0, 0.1) is 12.8 Å². The topological polar surface area (TPSA) is 57.0 Å². The maximum absolute atomic E-state index is 13.0. The second kappa shape index (κ2) is 8.15. The van der Waals surface area contributed by atoms with E-state index in [1.807, 2.05) is 0 Å². The molecule has 0 unspecified atom stereocenters. The number of pyridine rings is 1. The number of aromatic nitrogens is 3. The molecule has 0 amide bonds. The molecule has 0 bridgehead atoms. The van der Waals surface area contributed by atoms with Crippen LogP contribution in [0.25, 0.3) is 22.3 Å². The summed E-state index contributed by atoms with van der Waals surface area (Å²) in [5.41, 5.74) is 2.22. The van der Waals surface area contributed by atoms with Gasteiger partial charge in [0, 0.05) is 23.4 Å². The molecule has 2 aromatic heterocycles. The molecule has 0 radical (unpaired) electrons. The molecule has 3 aromatic rings. The summed E-state index contributed by atoms with van der Waals surface area (Å²) in [5.74, 6) is 0.0351. The van der Waals surface area contributed by atoms with E-state index in [0.29, 0.717) is 33.9 Å². The van der Waals surface area contributed by atoms with Crippen LogP contribution in [0.1, 0.15) is 44.3 Å². The first-order valence-electron chi connectivity index (χ1n) is 10.1. The van der Waals surface area contributed by atoms with E-state index in [2.05, 4.69) is 21.6 Å². The second-order valence-corrected chi connectivity index (χ2v) is 8.19. The van der Waals surface area contributed by atoms with Gasteiger partial charge in [0.05, 0.1) is 5.02 Å². The predicted molar refractivity (Wildman–Crippen MR) is 112 cm³/mol. The highest BCUT2D eigenvalue weighted by Gasteiger charge is 2.34. The van der Waals surface area contributed by atoms with Gasteiger partial charge in [-0.15, -0.1) is 13.2 Å². The van der Waals surface area contributed by atoms with Crippen LogP contribution in [0.5, 0.6) is 5.75 Å². The maximum Gasteiger partial charge on any atom is 0.573 e. The zero-order chi connectivity index (χ0) is 22.3. The third kappa shape index (κ3) is 4.39. The first-order valence-corrected chi connectivity index (χ1v) is 10.5. The largest absolute Gasteiger partial charge is 0.573 e. The van der Waals surface area contributed by atoms with Crippen molar-refractivity contribution in [1.82, 2.24) is 14.5 Å². The van der Waals surface area contributed by atoms with Crippen molar-refractivity contribution < 1.29 is 17.9 Å². The van der Waals surface area contributed by atoms with Crippen molar-refractivity contribution in [3.63, 3.8) is 0 Å². The van der Waals surface area contributed by atoms with Gasteiger partial charge in [0.25, 0.3) is 5.56 Å². The smallest absolute Gasteiger partial charge is 0.406 e. The van der Waals surface area contributed by atoms with Crippen molar-refractivity contribution in [1.29, 1.82) is 0 Å². The lowest BCUT2D eigenvalue weighted by Crippen LogP contribution is -2.30. The Bertz CT molecular complexity index is 1190. The van der Waals surface area contributed by atoms with Crippen molar-refractivity contribution in [2.75, 3.05) is 0 Å². The van der Waals surface area contributed by atoms with Gasteiger partial charge in [0.15, 0.2) is 5.65 Å². The van der Waals surface area contributed by atoms with Crippen molar-refractivity contribution in [2.45, 2.75) is 51.9 Å². The molecule has 0 N–H and O–H groups in total. The van der Waals surface area contributed by atoms with E-state index in [0.717, 1.165) is 31.7 Å². The molecule has 1 aromatic carbocycles. The summed E-state index contributed by atoms with van der Waals surface area (Å²) in [6.07, 6.45) is 0.706. The summed E-state index contributed by atoms with van der Waals surface area (Å²) in [7, 11) is 0. The summed E-state index contributed by atoms with van der Waals surface area (Å²) in [6, 6.07) is 5.51. The molecule has 0 spiro atoms. The molecular formula is C22H21ClF3N3O2. The van der Waals surface area contributed by atoms with Crippen molar-refractivity contribution >= 4 is 22.8 Å². The zero-order valence-corrected chi connectivity index (χ0v) is 17.8. The van der Waals surface area contributed by atoms with Crippen LogP contribution in [0.3, 0.4) is 0 Å². The highest BCUT2D eigenvalue weighted by molar-refractivity contribution is 6.33. The third-order valence-electron chi connectivity index (χ3n) is 5.49. The number of hydrogen-bond donors (Lipinski definition) is 0. The van der Waals surface area contributed by atoms with E-state index in [9.17, 15) is 18.0 Å². The van der Waals surface area contributed by atoms with Crippen molar-refractivity contribution in [2.24, 2.45) is 5.92 Å². The number of benzene rings is 1. The summed E-state index contributed by atoms with van der Waals surface area (Å²) >= 11 is 6.31. The number of nitrogens with zero attached hydrogens (tertiary/aromatic N) is 3. The van der Waals surface area contributed by atoms with E-state index in [1.54, 1.807) is 23.8 Å². The number of alkyl halides is 3. The van der Waals surface area contributed by atoms with E-state index in [1.165, 1.54) is 12.1 Å². The number of hydrogen-bond acceptors (Lipinski definition) is 4. The molecule has 2 heterocycles. The Morgan fingerprint density at radius 1 is 1.26 bits per heavy atom. The number of halogens is 4. The summed E-state index contributed by atoms with van der Waals surface area (Å²) in [6.45, 7) is 3.74. The molecule has 0 aliphatic heterocycles. The molecule has 5 nitrogen and oxygen atoms in total. The average molecular weight is 452 g/mol. The molecule has 1 saturated carbocycles. The van der Waals surface area contributed by atoms with Gasteiger partial charge >= 0.3 is 6.36 Å². The molecule has 1 aliphatic carbocycles. The second-order valence-electron chi connectivity index (χ2n) is 7.79. The normalized spacial score (nSPS) is 15.3. The fourth-order valence-corrected chi connectivity index (χ4v) is 4.28. The van der Waals surface area contributed by atoms with Crippen LogP contribution in [0.15, 0.2) is 35.3 Å². The number of fused-ring (bicyclic) bond motifs is 1. The van der Waals surface area contributed by atoms with Gasteiger partial charge in [-0.3, -0.25) is 9.36 Å². The SMILES string of the molecule is CCC[C@H](C1CC1)n1c(=O)c(C)nc2c(-c3ccc(OC(F)(F)F)cc3Cl)ccnc21. The Morgan fingerprint density at radius 2 is 2.00 bits per heavy atom. The van der Waals surface area contributed by atoms with Gasteiger partial charge < -0.3 is 4.74 Å². The highest BCUT2D eigenvalue weighted by atomic mass is 35.5. The van der Waals surface area contributed by atoms with Crippen LogP contribution in [-0.4, -0.2) is 20.9 Å². The van der Waals surface area contributed by atoms with Crippen LogP contribution in [-0.2, 0) is 0 Å². The van der Waals surface area contributed by atoms with E-state index in [-0.39, 0.29) is 16.6 Å². The Balaban J connectivity index is 1.88. The van der Waals surface area contributed by atoms with Gasteiger partial charge in [-0.2, -0.15) is 0 Å². The van der Waals surface area contributed by atoms with Gasteiger partial charge in [-0.1, -0.05) is 24.9 Å². The number of aryl methyl sites for hydroxylation is 1. The van der Waals surface area contributed by atoms with Crippen LogP contribution >= 0.6 is 11.6 Å². The molecule has 31 heavy (non-hydrogen) atoms. The van der Waals surface area contributed by atoms with Gasteiger partial charge in [-0.05, 0) is 56.4 Å². The van der Waals surface area contributed by atoms with Crippen LogP contribution < -0.4 is 10.3 Å². The fourth-order valence-electron chi connectivity index (χ4n) is 4.00. The van der Waals surface area contributed by atoms with E-state index >= 15 is 0 Å². The minimum Gasteiger partial charge on any atom is -0.406 e. The van der Waals surface area contributed by atoms with Gasteiger partial charge in [0.2, 0.25) is 0 Å².